The number of likely N-dealkylation sites (tertiary alicyclic amines) is 1. The molecule has 6 heteroatoms. The zero-order chi connectivity index (χ0) is 16.4. The minimum absolute atomic E-state index is 0.0432. The van der Waals surface area contributed by atoms with Crippen molar-refractivity contribution in [2.75, 3.05) is 31.6 Å². The fraction of sp³-hybridized carbons (Fsp3) is 0.529. The standard InChI is InChI=1S/C17H23N3O3/c1-12-11-20(15-6-4-3-5-14(12)15)16(21)18-13-7-9-19(10-8-13)17(22)23-2/h3-6,12-13H,7-11H2,1-2H3,(H,18,21). The summed E-state index contributed by atoms with van der Waals surface area (Å²) in [5.41, 5.74) is 2.23. The topological polar surface area (TPSA) is 61.9 Å². The number of carbonyl (C=O) groups is 2. The summed E-state index contributed by atoms with van der Waals surface area (Å²) in [4.78, 5) is 27.6. The van der Waals surface area contributed by atoms with Crippen molar-refractivity contribution in [2.24, 2.45) is 0 Å². The number of para-hydroxylation sites is 1. The van der Waals surface area contributed by atoms with Crippen LogP contribution in [0.4, 0.5) is 15.3 Å². The summed E-state index contributed by atoms with van der Waals surface area (Å²) in [6, 6.07) is 8.12. The van der Waals surface area contributed by atoms with Gasteiger partial charge in [-0.2, -0.15) is 0 Å². The van der Waals surface area contributed by atoms with E-state index in [4.69, 9.17) is 4.74 Å². The molecular formula is C17H23N3O3. The Bertz CT molecular complexity index is 597. The van der Waals surface area contributed by atoms with Crippen LogP contribution in [0.1, 0.15) is 31.2 Å². The third kappa shape index (κ3) is 3.11. The highest BCUT2D eigenvalue weighted by Gasteiger charge is 2.31. The van der Waals surface area contributed by atoms with Gasteiger partial charge in [0.2, 0.25) is 0 Å². The molecule has 1 fully saturated rings. The molecule has 2 heterocycles. The lowest BCUT2D eigenvalue weighted by atomic mass is 10.0. The Labute approximate surface area is 136 Å². The van der Waals surface area contributed by atoms with Gasteiger partial charge in [-0.3, -0.25) is 4.90 Å². The number of carbonyl (C=O) groups excluding carboxylic acids is 2. The highest BCUT2D eigenvalue weighted by Crippen LogP contribution is 2.35. The van der Waals surface area contributed by atoms with Crippen molar-refractivity contribution in [1.29, 1.82) is 0 Å². The quantitative estimate of drug-likeness (QED) is 0.866. The molecule has 23 heavy (non-hydrogen) atoms. The molecule has 6 nitrogen and oxygen atoms in total. The van der Waals surface area contributed by atoms with Crippen LogP contribution < -0.4 is 10.2 Å². The van der Waals surface area contributed by atoms with Gasteiger partial charge in [0.05, 0.1) is 7.11 Å². The second kappa shape index (κ2) is 6.48. The van der Waals surface area contributed by atoms with Crippen molar-refractivity contribution < 1.29 is 14.3 Å². The van der Waals surface area contributed by atoms with Crippen molar-refractivity contribution in [3.05, 3.63) is 29.8 Å². The maximum atomic E-state index is 12.6. The maximum Gasteiger partial charge on any atom is 0.409 e. The van der Waals surface area contributed by atoms with Crippen LogP contribution in [0.3, 0.4) is 0 Å². The molecule has 0 aliphatic carbocycles. The Balaban J connectivity index is 1.58. The van der Waals surface area contributed by atoms with E-state index in [2.05, 4.69) is 18.3 Å². The Hall–Kier alpha value is -2.24. The minimum atomic E-state index is -0.294. The summed E-state index contributed by atoms with van der Waals surface area (Å²) in [5.74, 6) is 0.359. The molecule has 0 radical (unpaired) electrons. The minimum Gasteiger partial charge on any atom is -0.453 e. The Morgan fingerprint density at radius 3 is 2.61 bits per heavy atom. The number of urea groups is 1. The van der Waals surface area contributed by atoms with E-state index in [1.54, 1.807) is 4.90 Å². The Morgan fingerprint density at radius 2 is 1.91 bits per heavy atom. The van der Waals surface area contributed by atoms with Crippen LogP contribution >= 0.6 is 0 Å². The molecule has 2 aliphatic heterocycles. The summed E-state index contributed by atoms with van der Waals surface area (Å²) in [6.07, 6.45) is 1.22. The van der Waals surface area contributed by atoms with E-state index in [-0.39, 0.29) is 18.2 Å². The number of hydrogen-bond acceptors (Lipinski definition) is 3. The molecule has 1 atom stereocenters. The number of amides is 3. The van der Waals surface area contributed by atoms with E-state index in [1.807, 2.05) is 23.1 Å². The molecule has 1 saturated heterocycles. The number of piperidine rings is 1. The van der Waals surface area contributed by atoms with Crippen molar-refractivity contribution in [2.45, 2.75) is 31.7 Å². The summed E-state index contributed by atoms with van der Waals surface area (Å²) in [5, 5.41) is 3.11. The second-order valence-electron chi connectivity index (χ2n) is 6.25. The predicted molar refractivity (Wildman–Crippen MR) is 87.7 cm³/mol. The average Bonchev–Trinajstić information content (AvgIpc) is 2.92. The van der Waals surface area contributed by atoms with Crippen molar-refractivity contribution in [3.63, 3.8) is 0 Å². The summed E-state index contributed by atoms with van der Waals surface area (Å²) in [6.45, 7) is 4.09. The smallest absolute Gasteiger partial charge is 0.409 e. The van der Waals surface area contributed by atoms with E-state index in [0.717, 1.165) is 18.5 Å². The first-order valence-corrected chi connectivity index (χ1v) is 8.10. The van der Waals surface area contributed by atoms with Crippen LogP contribution in [-0.4, -0.2) is 49.8 Å². The molecule has 0 saturated carbocycles. The molecule has 1 unspecified atom stereocenters. The lowest BCUT2D eigenvalue weighted by Crippen LogP contribution is -2.50. The number of nitrogens with one attached hydrogen (secondary N) is 1. The zero-order valence-electron chi connectivity index (χ0n) is 13.6. The fourth-order valence-corrected chi connectivity index (χ4v) is 3.40. The molecule has 1 aromatic carbocycles. The van der Waals surface area contributed by atoms with Crippen LogP contribution in [-0.2, 0) is 4.74 Å². The van der Waals surface area contributed by atoms with Gasteiger partial charge in [-0.05, 0) is 24.5 Å². The molecule has 1 aromatic rings. The lowest BCUT2D eigenvalue weighted by Gasteiger charge is -2.32. The number of methoxy groups -OCH3 is 1. The number of benzene rings is 1. The highest BCUT2D eigenvalue weighted by atomic mass is 16.5. The lowest BCUT2D eigenvalue weighted by molar-refractivity contribution is 0.110. The van der Waals surface area contributed by atoms with E-state index < -0.39 is 0 Å². The molecule has 2 aliphatic rings. The third-order valence-electron chi connectivity index (χ3n) is 4.72. The number of hydrogen-bond donors (Lipinski definition) is 1. The highest BCUT2D eigenvalue weighted by molar-refractivity contribution is 5.94. The number of anilines is 1. The summed E-state index contributed by atoms with van der Waals surface area (Å²) < 4.78 is 4.73. The van der Waals surface area contributed by atoms with Crippen LogP contribution in [0.25, 0.3) is 0 Å². The van der Waals surface area contributed by atoms with Crippen molar-refractivity contribution in [3.8, 4) is 0 Å². The molecular weight excluding hydrogens is 294 g/mol. The maximum absolute atomic E-state index is 12.6. The van der Waals surface area contributed by atoms with Crippen LogP contribution in [0.15, 0.2) is 24.3 Å². The molecule has 124 valence electrons. The molecule has 3 amide bonds. The number of fused-ring (bicyclic) bond motifs is 1. The Morgan fingerprint density at radius 1 is 1.22 bits per heavy atom. The first kappa shape index (κ1) is 15.6. The second-order valence-corrected chi connectivity index (χ2v) is 6.25. The third-order valence-corrected chi connectivity index (χ3v) is 4.72. The zero-order valence-corrected chi connectivity index (χ0v) is 13.6. The van der Waals surface area contributed by atoms with Gasteiger partial charge < -0.3 is 15.0 Å². The predicted octanol–water partition coefficient (Wildman–Crippen LogP) is 2.55. The molecule has 3 rings (SSSR count). The Kier molecular flexibility index (Phi) is 4.41. The normalized spacial score (nSPS) is 21.0. The van der Waals surface area contributed by atoms with Crippen molar-refractivity contribution in [1.82, 2.24) is 10.2 Å². The van der Waals surface area contributed by atoms with Gasteiger partial charge in [0.1, 0.15) is 0 Å². The van der Waals surface area contributed by atoms with Crippen LogP contribution in [0.2, 0.25) is 0 Å². The van der Waals surface area contributed by atoms with Crippen LogP contribution in [0, 0.1) is 0 Å². The van der Waals surface area contributed by atoms with Gasteiger partial charge in [-0.15, -0.1) is 0 Å². The molecule has 0 bridgehead atoms. The van der Waals surface area contributed by atoms with Crippen LogP contribution in [0.5, 0.6) is 0 Å². The molecule has 0 aromatic heterocycles. The number of ether oxygens (including phenoxy) is 1. The van der Waals surface area contributed by atoms with E-state index >= 15 is 0 Å². The van der Waals surface area contributed by atoms with Gasteiger partial charge in [0.25, 0.3) is 0 Å². The van der Waals surface area contributed by atoms with Gasteiger partial charge in [-0.25, -0.2) is 9.59 Å². The summed E-state index contributed by atoms with van der Waals surface area (Å²) in [7, 11) is 1.39. The number of nitrogens with zero attached hydrogens (tertiary/aromatic N) is 2. The first-order chi connectivity index (χ1) is 11.1. The van der Waals surface area contributed by atoms with Crippen molar-refractivity contribution >= 4 is 17.8 Å². The monoisotopic (exact) mass is 317 g/mol. The SMILES string of the molecule is COC(=O)N1CCC(NC(=O)N2CC(C)c3ccccc32)CC1. The van der Waals surface area contributed by atoms with E-state index in [0.29, 0.717) is 25.6 Å². The fourth-order valence-electron chi connectivity index (χ4n) is 3.40. The largest absolute Gasteiger partial charge is 0.453 e. The van der Waals surface area contributed by atoms with E-state index in [1.165, 1.54) is 12.7 Å². The van der Waals surface area contributed by atoms with Gasteiger partial charge >= 0.3 is 12.1 Å². The number of rotatable bonds is 1. The molecule has 1 N–H and O–H groups in total. The van der Waals surface area contributed by atoms with Gasteiger partial charge in [-0.1, -0.05) is 25.1 Å². The summed E-state index contributed by atoms with van der Waals surface area (Å²) >= 11 is 0. The molecule has 0 spiro atoms. The van der Waals surface area contributed by atoms with Gasteiger partial charge in [0, 0.05) is 37.3 Å². The first-order valence-electron chi connectivity index (χ1n) is 8.10. The average molecular weight is 317 g/mol. The van der Waals surface area contributed by atoms with Gasteiger partial charge in [0.15, 0.2) is 0 Å². The van der Waals surface area contributed by atoms with E-state index in [9.17, 15) is 9.59 Å².